The number of halogens is 1. The highest BCUT2D eigenvalue weighted by atomic mass is 35.5. The van der Waals surface area contributed by atoms with Gasteiger partial charge in [-0.3, -0.25) is 10.1 Å². The molecule has 0 aliphatic carbocycles. The number of carbonyl (C=O) groups is 1. The van der Waals surface area contributed by atoms with Crippen molar-refractivity contribution in [1.29, 1.82) is 0 Å². The van der Waals surface area contributed by atoms with Gasteiger partial charge in [-0.15, -0.1) is 22.7 Å². The lowest BCUT2D eigenvalue weighted by Gasteiger charge is -2.03. The van der Waals surface area contributed by atoms with Gasteiger partial charge in [-0.2, -0.15) is 0 Å². The molecule has 6 heteroatoms. The van der Waals surface area contributed by atoms with Crippen molar-refractivity contribution < 1.29 is 4.79 Å². The van der Waals surface area contributed by atoms with Gasteiger partial charge in [0.15, 0.2) is 5.13 Å². The fourth-order valence-corrected chi connectivity index (χ4v) is 4.18. The lowest BCUT2D eigenvalue weighted by Crippen LogP contribution is -2.11. The number of nitrogens with zero attached hydrogens (tertiary/aromatic N) is 1. The Labute approximate surface area is 151 Å². The van der Waals surface area contributed by atoms with Crippen LogP contribution in [0.25, 0.3) is 21.3 Å². The van der Waals surface area contributed by atoms with Gasteiger partial charge in [0, 0.05) is 10.9 Å². The van der Waals surface area contributed by atoms with Crippen LogP contribution in [0.3, 0.4) is 0 Å². The van der Waals surface area contributed by atoms with Gasteiger partial charge in [0.2, 0.25) is 0 Å². The molecule has 0 saturated carbocycles. The molecule has 0 unspecified atom stereocenters. The Morgan fingerprint density at radius 1 is 1.04 bits per heavy atom. The van der Waals surface area contributed by atoms with Crippen LogP contribution in [0.2, 0.25) is 4.34 Å². The number of thiophene rings is 1. The molecular weight excluding hydrogens is 360 g/mol. The molecule has 4 rings (SSSR count). The van der Waals surface area contributed by atoms with Crippen molar-refractivity contribution in [3.8, 4) is 10.6 Å². The van der Waals surface area contributed by atoms with Crippen molar-refractivity contribution in [2.24, 2.45) is 0 Å². The summed E-state index contributed by atoms with van der Waals surface area (Å²) in [6.45, 7) is 0. The molecule has 118 valence electrons. The summed E-state index contributed by atoms with van der Waals surface area (Å²) < 4.78 is 0.722. The first-order valence-corrected chi connectivity index (χ1v) is 9.28. The highest BCUT2D eigenvalue weighted by molar-refractivity contribution is 7.20. The van der Waals surface area contributed by atoms with Gasteiger partial charge >= 0.3 is 0 Å². The first-order valence-electron chi connectivity index (χ1n) is 7.20. The third-order valence-corrected chi connectivity index (χ3v) is 5.57. The molecule has 0 saturated heterocycles. The van der Waals surface area contributed by atoms with Gasteiger partial charge in [0.05, 0.1) is 14.9 Å². The maximum atomic E-state index is 12.4. The second-order valence-corrected chi connectivity index (χ2v) is 7.73. The molecule has 2 aromatic carbocycles. The van der Waals surface area contributed by atoms with E-state index in [1.54, 1.807) is 0 Å². The van der Waals surface area contributed by atoms with Gasteiger partial charge in [-0.05, 0) is 35.0 Å². The molecule has 0 atom stereocenters. The fraction of sp³-hybridized carbons (Fsp3) is 0. The maximum Gasteiger partial charge on any atom is 0.257 e. The number of anilines is 1. The highest BCUT2D eigenvalue weighted by Crippen LogP contribution is 2.33. The average Bonchev–Trinajstić information content (AvgIpc) is 3.23. The normalized spacial score (nSPS) is 10.9. The zero-order valence-corrected chi connectivity index (χ0v) is 14.7. The van der Waals surface area contributed by atoms with E-state index in [2.05, 4.69) is 10.3 Å². The molecule has 24 heavy (non-hydrogen) atoms. The second kappa shape index (κ2) is 6.36. The standard InChI is InChI=1S/C18H11ClN2OS2/c19-16-8-7-15(24-16)14-10-23-18(20-14)21-17(22)13-6-5-11-3-1-2-4-12(11)9-13/h1-10H,(H,20,21,22). The maximum absolute atomic E-state index is 12.4. The van der Waals surface area contributed by atoms with E-state index in [0.29, 0.717) is 10.7 Å². The molecule has 1 N–H and O–H groups in total. The lowest BCUT2D eigenvalue weighted by atomic mass is 10.1. The average molecular weight is 371 g/mol. The number of amides is 1. The molecule has 4 aromatic rings. The summed E-state index contributed by atoms with van der Waals surface area (Å²) >= 11 is 8.82. The number of hydrogen-bond acceptors (Lipinski definition) is 4. The van der Waals surface area contributed by atoms with Gasteiger partial charge in [-0.25, -0.2) is 4.98 Å². The van der Waals surface area contributed by atoms with Crippen LogP contribution >= 0.6 is 34.3 Å². The summed E-state index contributed by atoms with van der Waals surface area (Å²) in [4.78, 5) is 17.9. The van der Waals surface area contributed by atoms with Crippen LogP contribution in [-0.4, -0.2) is 10.9 Å². The smallest absolute Gasteiger partial charge is 0.257 e. The number of aromatic nitrogens is 1. The minimum atomic E-state index is -0.161. The number of nitrogens with one attached hydrogen (secondary N) is 1. The summed E-state index contributed by atoms with van der Waals surface area (Å²) in [5, 5.41) is 7.50. The Hall–Kier alpha value is -2.21. The lowest BCUT2D eigenvalue weighted by molar-refractivity contribution is 0.102. The molecule has 0 aliphatic heterocycles. The zero-order chi connectivity index (χ0) is 16.5. The van der Waals surface area contributed by atoms with Crippen molar-refractivity contribution in [1.82, 2.24) is 4.98 Å². The van der Waals surface area contributed by atoms with Crippen LogP contribution in [0.4, 0.5) is 5.13 Å². The van der Waals surface area contributed by atoms with E-state index in [9.17, 15) is 4.79 Å². The third kappa shape index (κ3) is 3.06. The topological polar surface area (TPSA) is 42.0 Å². The minimum Gasteiger partial charge on any atom is -0.298 e. The first kappa shape index (κ1) is 15.3. The van der Waals surface area contributed by atoms with Gasteiger partial charge in [0.1, 0.15) is 0 Å². The Kier molecular flexibility index (Phi) is 4.06. The van der Waals surface area contributed by atoms with Crippen LogP contribution in [0.1, 0.15) is 10.4 Å². The van der Waals surface area contributed by atoms with E-state index in [0.717, 1.165) is 25.7 Å². The van der Waals surface area contributed by atoms with Gasteiger partial charge < -0.3 is 0 Å². The summed E-state index contributed by atoms with van der Waals surface area (Å²) in [6.07, 6.45) is 0. The Morgan fingerprint density at radius 3 is 2.67 bits per heavy atom. The predicted molar refractivity (Wildman–Crippen MR) is 102 cm³/mol. The number of carbonyl (C=O) groups excluding carboxylic acids is 1. The monoisotopic (exact) mass is 370 g/mol. The molecule has 0 bridgehead atoms. The van der Waals surface area contributed by atoms with Crippen LogP contribution in [-0.2, 0) is 0 Å². The van der Waals surface area contributed by atoms with E-state index in [1.807, 2.05) is 60.0 Å². The number of fused-ring (bicyclic) bond motifs is 1. The van der Waals surface area contributed by atoms with Crippen LogP contribution < -0.4 is 5.32 Å². The van der Waals surface area contributed by atoms with Crippen molar-refractivity contribution in [2.45, 2.75) is 0 Å². The molecule has 0 fully saturated rings. The van der Waals surface area contributed by atoms with E-state index in [4.69, 9.17) is 11.6 Å². The van der Waals surface area contributed by atoms with Gasteiger partial charge in [0.25, 0.3) is 5.91 Å². The van der Waals surface area contributed by atoms with E-state index in [-0.39, 0.29) is 5.91 Å². The number of benzene rings is 2. The molecular formula is C18H11ClN2OS2. The molecule has 1 amide bonds. The van der Waals surface area contributed by atoms with Crippen molar-refractivity contribution in [2.75, 3.05) is 5.32 Å². The largest absolute Gasteiger partial charge is 0.298 e. The van der Waals surface area contributed by atoms with Crippen molar-refractivity contribution in [3.05, 3.63) is 69.9 Å². The third-order valence-electron chi connectivity index (χ3n) is 3.56. The quantitative estimate of drug-likeness (QED) is 0.485. The summed E-state index contributed by atoms with van der Waals surface area (Å²) in [5.74, 6) is -0.161. The number of thiazole rings is 1. The van der Waals surface area contributed by atoms with Crippen LogP contribution in [0.15, 0.2) is 60.0 Å². The zero-order valence-electron chi connectivity index (χ0n) is 12.3. The predicted octanol–water partition coefficient (Wildman–Crippen LogP) is 5.93. The van der Waals surface area contributed by atoms with Crippen molar-refractivity contribution >= 4 is 56.1 Å². The summed E-state index contributed by atoms with van der Waals surface area (Å²) in [6, 6.07) is 17.4. The fourth-order valence-electron chi connectivity index (χ4n) is 2.40. The van der Waals surface area contributed by atoms with Crippen molar-refractivity contribution in [3.63, 3.8) is 0 Å². The van der Waals surface area contributed by atoms with Crippen LogP contribution in [0, 0.1) is 0 Å². The Morgan fingerprint density at radius 2 is 1.88 bits per heavy atom. The SMILES string of the molecule is O=C(Nc1nc(-c2ccc(Cl)s2)cs1)c1ccc2ccccc2c1. The number of hydrogen-bond donors (Lipinski definition) is 1. The van der Waals surface area contributed by atoms with Crippen LogP contribution in [0.5, 0.6) is 0 Å². The van der Waals surface area contributed by atoms with E-state index < -0.39 is 0 Å². The minimum absolute atomic E-state index is 0.161. The number of rotatable bonds is 3. The molecule has 0 radical (unpaired) electrons. The molecule has 0 spiro atoms. The van der Waals surface area contributed by atoms with E-state index in [1.165, 1.54) is 22.7 Å². The molecule has 2 heterocycles. The summed E-state index contributed by atoms with van der Waals surface area (Å²) in [7, 11) is 0. The molecule has 0 aliphatic rings. The van der Waals surface area contributed by atoms with Gasteiger partial charge in [-0.1, -0.05) is 41.9 Å². The highest BCUT2D eigenvalue weighted by Gasteiger charge is 2.11. The Bertz CT molecular complexity index is 1040. The van der Waals surface area contributed by atoms with E-state index >= 15 is 0 Å². The first-order chi connectivity index (χ1) is 11.7. The molecule has 2 aromatic heterocycles. The Balaban J connectivity index is 1.56. The second-order valence-electron chi connectivity index (χ2n) is 5.16. The molecule has 3 nitrogen and oxygen atoms in total. The summed E-state index contributed by atoms with van der Waals surface area (Å²) in [5.41, 5.74) is 1.44.